The van der Waals surface area contributed by atoms with Gasteiger partial charge in [0, 0.05) is 38.9 Å². The van der Waals surface area contributed by atoms with Crippen molar-refractivity contribution in [1.82, 2.24) is 14.8 Å². The monoisotopic (exact) mass is 413 g/mol. The number of amides is 1. The normalized spacial score (nSPS) is 14.9. The third-order valence-electron chi connectivity index (χ3n) is 5.53. The second-order valence-electron chi connectivity index (χ2n) is 7.36. The van der Waals surface area contributed by atoms with Crippen LogP contribution in [0, 0.1) is 11.6 Å². The Hall–Kier alpha value is -3.26. The van der Waals surface area contributed by atoms with Crippen LogP contribution < -0.4 is 0 Å². The summed E-state index contributed by atoms with van der Waals surface area (Å²) < 4.78 is 27.2. The number of carboxylic acids is 1. The molecule has 8 heteroatoms. The average molecular weight is 413 g/mol. The first-order valence-corrected chi connectivity index (χ1v) is 9.73. The number of nitrogens with zero attached hydrogens (tertiary/aromatic N) is 2. The molecule has 156 valence electrons. The molecule has 2 aromatic carbocycles. The molecule has 1 saturated heterocycles. The number of nitrogens with one attached hydrogen (secondary N) is 1. The third kappa shape index (κ3) is 3.91. The number of benzene rings is 2. The molecule has 2 N–H and O–H groups in total. The highest BCUT2D eigenvalue weighted by molar-refractivity contribution is 6.11. The first-order valence-electron chi connectivity index (χ1n) is 9.73. The summed E-state index contributed by atoms with van der Waals surface area (Å²) in [6.07, 6.45) is 2.01. The fraction of sp³-hybridized carbons (Fsp3) is 0.273. The Bertz CT molecular complexity index is 1090. The zero-order valence-corrected chi connectivity index (χ0v) is 16.2. The van der Waals surface area contributed by atoms with Crippen LogP contribution in [0.4, 0.5) is 8.78 Å². The van der Waals surface area contributed by atoms with Gasteiger partial charge >= 0.3 is 5.97 Å². The molecular formula is C22H21F2N3O3. The number of aromatic nitrogens is 1. The number of carboxylic acid groups (broad SMARTS) is 1. The van der Waals surface area contributed by atoms with Crippen LogP contribution in [0.5, 0.6) is 0 Å². The number of halogens is 2. The second kappa shape index (κ2) is 8.23. The Kier molecular flexibility index (Phi) is 5.50. The van der Waals surface area contributed by atoms with Crippen LogP contribution in [0.3, 0.4) is 0 Å². The van der Waals surface area contributed by atoms with Crippen LogP contribution in [0.2, 0.25) is 0 Å². The summed E-state index contributed by atoms with van der Waals surface area (Å²) in [4.78, 5) is 31.0. The molecule has 6 nitrogen and oxygen atoms in total. The molecule has 30 heavy (non-hydrogen) atoms. The molecule has 0 radical (unpaired) electrons. The van der Waals surface area contributed by atoms with Crippen LogP contribution in [-0.4, -0.2) is 64.5 Å². The van der Waals surface area contributed by atoms with E-state index < -0.39 is 11.8 Å². The van der Waals surface area contributed by atoms with Gasteiger partial charge < -0.3 is 15.0 Å². The number of piperazine rings is 1. The molecule has 0 bridgehead atoms. The summed E-state index contributed by atoms with van der Waals surface area (Å²) in [6.45, 7) is 3.25. The quantitative estimate of drug-likeness (QED) is 0.674. The molecular weight excluding hydrogens is 392 g/mol. The number of hydrogen-bond donors (Lipinski definition) is 2. The van der Waals surface area contributed by atoms with Crippen molar-refractivity contribution in [2.75, 3.05) is 32.7 Å². The number of fused-ring (bicyclic) bond motifs is 1. The lowest BCUT2D eigenvalue weighted by Crippen LogP contribution is -2.49. The minimum Gasteiger partial charge on any atom is -0.478 e. The van der Waals surface area contributed by atoms with Gasteiger partial charge in [-0.2, -0.15) is 0 Å². The number of rotatable bonds is 5. The molecule has 0 atom stereocenters. The maximum atomic E-state index is 14.2. The highest BCUT2D eigenvalue weighted by Crippen LogP contribution is 2.26. The summed E-state index contributed by atoms with van der Waals surface area (Å²) in [5, 5.41) is 9.17. The van der Waals surface area contributed by atoms with Gasteiger partial charge in [-0.3, -0.25) is 9.69 Å². The van der Waals surface area contributed by atoms with Crippen molar-refractivity contribution in [1.29, 1.82) is 0 Å². The molecule has 1 fully saturated rings. The molecule has 0 spiro atoms. The maximum absolute atomic E-state index is 14.2. The molecule has 0 aliphatic carbocycles. The minimum atomic E-state index is -1.25. The molecule has 1 aliphatic rings. The van der Waals surface area contributed by atoms with Crippen LogP contribution in [0.1, 0.15) is 26.3 Å². The van der Waals surface area contributed by atoms with Crippen LogP contribution in [-0.2, 0) is 6.42 Å². The lowest BCUT2D eigenvalue weighted by atomic mass is 10.1. The van der Waals surface area contributed by atoms with Gasteiger partial charge in [-0.05, 0) is 36.2 Å². The lowest BCUT2D eigenvalue weighted by Gasteiger charge is -2.34. The Morgan fingerprint density at radius 1 is 0.967 bits per heavy atom. The van der Waals surface area contributed by atoms with E-state index in [2.05, 4.69) is 9.88 Å². The molecule has 4 rings (SSSR count). The van der Waals surface area contributed by atoms with Gasteiger partial charge in [0.05, 0.1) is 22.0 Å². The Balaban J connectivity index is 1.41. The molecule has 1 amide bonds. The SMILES string of the molecule is O=C(O)c1c[nH]c2c(C(=O)N3CCN(CCc4ccc(F)cc4)CC3)ccc(F)c12. The zero-order chi connectivity index (χ0) is 21.3. The Morgan fingerprint density at radius 3 is 2.33 bits per heavy atom. The van der Waals surface area contributed by atoms with Crippen molar-refractivity contribution in [3.05, 3.63) is 70.9 Å². The van der Waals surface area contributed by atoms with E-state index in [-0.39, 0.29) is 33.8 Å². The van der Waals surface area contributed by atoms with Crippen LogP contribution in [0.15, 0.2) is 42.6 Å². The van der Waals surface area contributed by atoms with Gasteiger partial charge in [0.1, 0.15) is 11.6 Å². The van der Waals surface area contributed by atoms with Crippen LogP contribution in [0.25, 0.3) is 10.9 Å². The second-order valence-corrected chi connectivity index (χ2v) is 7.36. The molecule has 1 aliphatic heterocycles. The smallest absolute Gasteiger partial charge is 0.337 e. The van der Waals surface area contributed by atoms with Gasteiger partial charge in [-0.25, -0.2) is 13.6 Å². The molecule has 2 heterocycles. The molecule has 3 aromatic rings. The number of carbonyl (C=O) groups excluding carboxylic acids is 1. The van der Waals surface area contributed by atoms with E-state index in [4.69, 9.17) is 0 Å². The fourth-order valence-corrected chi connectivity index (χ4v) is 3.84. The van der Waals surface area contributed by atoms with Crippen molar-refractivity contribution in [3.63, 3.8) is 0 Å². The summed E-state index contributed by atoms with van der Waals surface area (Å²) >= 11 is 0. The van der Waals surface area contributed by atoms with Gasteiger partial charge in [0.2, 0.25) is 0 Å². The predicted octanol–water partition coefficient (Wildman–Crippen LogP) is 3.14. The first kappa shape index (κ1) is 20.0. The van der Waals surface area contributed by atoms with E-state index in [0.29, 0.717) is 26.2 Å². The number of aromatic amines is 1. The highest BCUT2D eigenvalue weighted by Gasteiger charge is 2.26. The van der Waals surface area contributed by atoms with E-state index in [9.17, 15) is 23.5 Å². The average Bonchev–Trinajstić information content (AvgIpc) is 3.20. The lowest BCUT2D eigenvalue weighted by molar-refractivity contribution is 0.0639. The number of H-pyrrole nitrogens is 1. The van der Waals surface area contributed by atoms with Gasteiger partial charge in [-0.1, -0.05) is 12.1 Å². The van der Waals surface area contributed by atoms with E-state index in [1.807, 2.05) is 0 Å². The number of aromatic carboxylic acids is 1. The highest BCUT2D eigenvalue weighted by atomic mass is 19.1. The number of carbonyl (C=O) groups is 2. The Labute approximate surface area is 171 Å². The molecule has 0 saturated carbocycles. The molecule has 1 aromatic heterocycles. The standard InChI is InChI=1S/C22H21F2N3O3/c23-15-3-1-14(2-4-15)7-8-26-9-11-27(12-10-26)21(28)16-5-6-18(24)19-17(22(29)30)13-25-20(16)19/h1-6,13,25H,7-12H2,(H,29,30). The van der Waals surface area contributed by atoms with Crippen LogP contribution >= 0.6 is 0 Å². The van der Waals surface area contributed by atoms with E-state index in [0.717, 1.165) is 24.6 Å². The van der Waals surface area contributed by atoms with Gasteiger partial charge in [-0.15, -0.1) is 0 Å². The third-order valence-corrected chi connectivity index (χ3v) is 5.53. The van der Waals surface area contributed by atoms with Crippen molar-refractivity contribution < 1.29 is 23.5 Å². The summed E-state index contributed by atoms with van der Waals surface area (Å²) in [5.74, 6) is -2.43. The van der Waals surface area contributed by atoms with Gasteiger partial charge in [0.15, 0.2) is 0 Å². The first-order chi connectivity index (χ1) is 14.4. The van der Waals surface area contributed by atoms with Crippen molar-refractivity contribution in [3.8, 4) is 0 Å². The summed E-state index contributed by atoms with van der Waals surface area (Å²) in [5.41, 5.74) is 1.34. The van der Waals surface area contributed by atoms with E-state index in [1.165, 1.54) is 24.4 Å². The van der Waals surface area contributed by atoms with Crippen molar-refractivity contribution in [2.24, 2.45) is 0 Å². The van der Waals surface area contributed by atoms with Crippen molar-refractivity contribution in [2.45, 2.75) is 6.42 Å². The maximum Gasteiger partial charge on any atom is 0.337 e. The Morgan fingerprint density at radius 2 is 1.67 bits per heavy atom. The van der Waals surface area contributed by atoms with E-state index >= 15 is 0 Å². The topological polar surface area (TPSA) is 76.6 Å². The van der Waals surface area contributed by atoms with E-state index in [1.54, 1.807) is 17.0 Å². The zero-order valence-electron chi connectivity index (χ0n) is 16.2. The fourth-order valence-electron chi connectivity index (χ4n) is 3.84. The van der Waals surface area contributed by atoms with Crippen molar-refractivity contribution >= 4 is 22.8 Å². The van der Waals surface area contributed by atoms with Gasteiger partial charge in [0.25, 0.3) is 5.91 Å². The largest absolute Gasteiger partial charge is 0.478 e. The predicted molar refractivity (Wildman–Crippen MR) is 108 cm³/mol. The number of hydrogen-bond acceptors (Lipinski definition) is 3. The minimum absolute atomic E-state index is 0.0775. The summed E-state index contributed by atoms with van der Waals surface area (Å²) in [7, 11) is 0. The summed E-state index contributed by atoms with van der Waals surface area (Å²) in [6, 6.07) is 8.97. The molecule has 0 unspecified atom stereocenters.